The topological polar surface area (TPSA) is 76.4 Å². The van der Waals surface area contributed by atoms with Gasteiger partial charge in [0.25, 0.3) is 0 Å². The molecule has 3 aromatic rings. The van der Waals surface area contributed by atoms with Crippen LogP contribution in [0.2, 0.25) is 0 Å². The largest absolute Gasteiger partial charge is 0.497 e. The lowest BCUT2D eigenvalue weighted by molar-refractivity contribution is -0.128. The molecule has 1 aliphatic heterocycles. The van der Waals surface area contributed by atoms with Gasteiger partial charge in [-0.15, -0.1) is 10.2 Å². The Hall–Kier alpha value is -3.07. The molecule has 0 radical (unpaired) electrons. The van der Waals surface area contributed by atoms with E-state index >= 15 is 0 Å². The Labute approximate surface area is 173 Å². The molecule has 1 aromatic carbocycles. The Morgan fingerprint density at radius 1 is 1.14 bits per heavy atom. The fourth-order valence-corrected chi connectivity index (χ4v) is 4.04. The number of carbonyl (C=O) groups excluding carboxylic acids is 1. The second-order valence-corrected chi connectivity index (χ2v) is 7.47. The van der Waals surface area contributed by atoms with E-state index in [-0.39, 0.29) is 5.91 Å². The van der Waals surface area contributed by atoms with Gasteiger partial charge in [0.1, 0.15) is 17.9 Å². The van der Waals surface area contributed by atoms with Crippen molar-refractivity contribution in [1.82, 2.24) is 24.6 Å². The molecule has 1 amide bonds. The van der Waals surface area contributed by atoms with Gasteiger partial charge in [-0.2, -0.15) is 0 Å². The monoisotopic (exact) mass is 410 g/mol. The Morgan fingerprint density at radius 3 is 2.76 bits per heavy atom. The molecule has 0 aliphatic carbocycles. The maximum absolute atomic E-state index is 12.7. The van der Waals surface area contributed by atoms with Crippen LogP contribution in [0, 0.1) is 0 Å². The summed E-state index contributed by atoms with van der Waals surface area (Å²) in [6.07, 6.45) is 3.44. The molecule has 150 valence electrons. The number of thioether (sulfide) groups is 1. The number of anilines is 1. The van der Waals surface area contributed by atoms with Crippen molar-refractivity contribution in [3.05, 3.63) is 55.0 Å². The van der Waals surface area contributed by atoms with Gasteiger partial charge in [-0.1, -0.05) is 23.9 Å². The van der Waals surface area contributed by atoms with E-state index in [9.17, 15) is 4.79 Å². The van der Waals surface area contributed by atoms with Gasteiger partial charge in [-0.3, -0.25) is 9.36 Å². The lowest BCUT2D eigenvalue weighted by Crippen LogP contribution is -2.49. The molecule has 29 heavy (non-hydrogen) atoms. The number of hydrogen-bond acceptors (Lipinski definition) is 7. The Kier molecular flexibility index (Phi) is 5.95. The summed E-state index contributed by atoms with van der Waals surface area (Å²) >= 11 is 1.39. The quantitative estimate of drug-likeness (QED) is 0.576. The van der Waals surface area contributed by atoms with Crippen molar-refractivity contribution in [3.63, 3.8) is 0 Å². The highest BCUT2D eigenvalue weighted by Crippen LogP contribution is 2.23. The van der Waals surface area contributed by atoms with E-state index in [1.807, 2.05) is 51.9 Å². The van der Waals surface area contributed by atoms with E-state index < -0.39 is 0 Å². The Bertz CT molecular complexity index is 956. The molecule has 0 N–H and O–H groups in total. The molecule has 1 fully saturated rings. The average molecular weight is 411 g/mol. The zero-order valence-electron chi connectivity index (χ0n) is 16.1. The third-order valence-electron chi connectivity index (χ3n) is 4.78. The predicted molar refractivity (Wildman–Crippen MR) is 112 cm³/mol. The van der Waals surface area contributed by atoms with Crippen LogP contribution in [0.5, 0.6) is 5.75 Å². The van der Waals surface area contributed by atoms with Gasteiger partial charge in [0.2, 0.25) is 5.91 Å². The van der Waals surface area contributed by atoms with Gasteiger partial charge < -0.3 is 14.5 Å². The fourth-order valence-electron chi connectivity index (χ4n) is 3.20. The highest BCUT2D eigenvalue weighted by atomic mass is 32.2. The number of benzene rings is 1. The third kappa shape index (κ3) is 4.51. The minimum atomic E-state index is 0.107. The minimum Gasteiger partial charge on any atom is -0.497 e. The van der Waals surface area contributed by atoms with Crippen molar-refractivity contribution in [1.29, 1.82) is 0 Å². The molecule has 8 nitrogen and oxygen atoms in total. The summed E-state index contributed by atoms with van der Waals surface area (Å²) in [4.78, 5) is 21.2. The zero-order chi connectivity index (χ0) is 20.1. The molecule has 0 spiro atoms. The summed E-state index contributed by atoms with van der Waals surface area (Å²) in [5.74, 6) is 2.15. The Balaban J connectivity index is 1.33. The standard InChI is InChI=1S/C20H22N6O2S/c1-28-17-6-4-5-16(13-17)26-15-22-23-20(26)29-14-19(27)25-11-9-24(10-12-25)18-7-2-3-8-21-18/h2-8,13,15H,9-12,14H2,1H3. The minimum absolute atomic E-state index is 0.107. The molecule has 0 bridgehead atoms. The summed E-state index contributed by atoms with van der Waals surface area (Å²) in [5, 5.41) is 8.84. The molecule has 0 saturated carbocycles. The highest BCUT2D eigenvalue weighted by molar-refractivity contribution is 7.99. The van der Waals surface area contributed by atoms with E-state index in [0.29, 0.717) is 24.0 Å². The summed E-state index contributed by atoms with van der Waals surface area (Å²) < 4.78 is 7.14. The smallest absolute Gasteiger partial charge is 0.233 e. The number of ether oxygens (including phenoxy) is 1. The summed E-state index contributed by atoms with van der Waals surface area (Å²) in [6, 6.07) is 13.5. The van der Waals surface area contributed by atoms with E-state index in [0.717, 1.165) is 30.3 Å². The first kappa shape index (κ1) is 19.3. The number of methoxy groups -OCH3 is 1. The summed E-state index contributed by atoms with van der Waals surface area (Å²) in [5.41, 5.74) is 0.897. The molecule has 3 heterocycles. The molecule has 2 aromatic heterocycles. The molecule has 0 unspecified atom stereocenters. The fraction of sp³-hybridized carbons (Fsp3) is 0.300. The van der Waals surface area contributed by atoms with Gasteiger partial charge >= 0.3 is 0 Å². The number of nitrogens with zero attached hydrogens (tertiary/aromatic N) is 6. The van der Waals surface area contributed by atoms with Crippen LogP contribution >= 0.6 is 11.8 Å². The number of piperazine rings is 1. The molecule has 9 heteroatoms. The first-order chi connectivity index (χ1) is 14.2. The molecule has 4 rings (SSSR count). The zero-order valence-corrected chi connectivity index (χ0v) is 17.0. The molecule has 1 aliphatic rings. The van der Waals surface area contributed by atoms with Gasteiger partial charge in [0.15, 0.2) is 5.16 Å². The number of amides is 1. The molecular formula is C20H22N6O2S. The highest BCUT2D eigenvalue weighted by Gasteiger charge is 2.22. The number of rotatable bonds is 6. The van der Waals surface area contributed by atoms with Crippen molar-refractivity contribution < 1.29 is 9.53 Å². The lowest BCUT2D eigenvalue weighted by Gasteiger charge is -2.35. The van der Waals surface area contributed by atoms with Crippen LogP contribution < -0.4 is 9.64 Å². The average Bonchev–Trinajstić information content (AvgIpc) is 3.27. The van der Waals surface area contributed by atoms with Crippen molar-refractivity contribution in [2.24, 2.45) is 0 Å². The van der Waals surface area contributed by atoms with E-state index in [1.165, 1.54) is 11.8 Å². The third-order valence-corrected chi connectivity index (χ3v) is 5.71. The van der Waals surface area contributed by atoms with Gasteiger partial charge in [-0.05, 0) is 24.3 Å². The molecule has 0 atom stereocenters. The first-order valence-electron chi connectivity index (χ1n) is 9.35. The summed E-state index contributed by atoms with van der Waals surface area (Å²) in [7, 11) is 1.63. The maximum atomic E-state index is 12.7. The maximum Gasteiger partial charge on any atom is 0.233 e. The Morgan fingerprint density at radius 2 is 2.00 bits per heavy atom. The number of aromatic nitrogens is 4. The number of hydrogen-bond donors (Lipinski definition) is 0. The summed E-state index contributed by atoms with van der Waals surface area (Å²) in [6.45, 7) is 2.96. The lowest BCUT2D eigenvalue weighted by atomic mass is 10.3. The van der Waals surface area contributed by atoms with Crippen molar-refractivity contribution >= 4 is 23.5 Å². The SMILES string of the molecule is COc1cccc(-n2cnnc2SCC(=O)N2CCN(c3ccccn3)CC2)c1. The second kappa shape index (κ2) is 8.95. The van der Waals surface area contributed by atoms with Crippen LogP contribution in [0.1, 0.15) is 0 Å². The van der Waals surface area contributed by atoms with Crippen molar-refractivity contribution in [2.75, 3.05) is 43.9 Å². The predicted octanol–water partition coefficient (Wildman–Crippen LogP) is 2.11. The van der Waals surface area contributed by atoms with Crippen molar-refractivity contribution in [2.45, 2.75) is 5.16 Å². The van der Waals surface area contributed by atoms with Crippen LogP contribution in [0.25, 0.3) is 5.69 Å². The van der Waals surface area contributed by atoms with Crippen molar-refractivity contribution in [3.8, 4) is 11.4 Å². The van der Waals surface area contributed by atoms with Crippen LogP contribution in [0.3, 0.4) is 0 Å². The van der Waals surface area contributed by atoms with Crippen LogP contribution in [0.15, 0.2) is 60.1 Å². The van der Waals surface area contributed by atoms with Gasteiger partial charge in [0.05, 0.1) is 18.6 Å². The number of carbonyl (C=O) groups is 1. The van der Waals surface area contributed by atoms with E-state index in [4.69, 9.17) is 4.74 Å². The van der Waals surface area contributed by atoms with Crippen LogP contribution in [-0.2, 0) is 4.79 Å². The second-order valence-electron chi connectivity index (χ2n) is 6.53. The van der Waals surface area contributed by atoms with E-state index in [1.54, 1.807) is 19.6 Å². The van der Waals surface area contributed by atoms with Gasteiger partial charge in [-0.25, -0.2) is 4.98 Å². The van der Waals surface area contributed by atoms with Crippen LogP contribution in [-0.4, -0.2) is 69.6 Å². The van der Waals surface area contributed by atoms with Crippen LogP contribution in [0.4, 0.5) is 5.82 Å². The number of pyridine rings is 1. The van der Waals surface area contributed by atoms with Gasteiger partial charge in [0, 0.05) is 38.4 Å². The molecule has 1 saturated heterocycles. The van der Waals surface area contributed by atoms with E-state index in [2.05, 4.69) is 20.1 Å². The first-order valence-corrected chi connectivity index (χ1v) is 10.3. The molecular weight excluding hydrogens is 388 g/mol. The normalized spacial score (nSPS) is 14.1.